The van der Waals surface area contributed by atoms with Crippen LogP contribution in [-0.2, 0) is 9.53 Å². The molecule has 1 aromatic carbocycles. The van der Waals surface area contributed by atoms with Crippen LogP contribution in [0, 0.1) is 0 Å². The van der Waals surface area contributed by atoms with Crippen LogP contribution in [0.1, 0.15) is 19.3 Å². The molecule has 0 saturated carbocycles. The van der Waals surface area contributed by atoms with Crippen LogP contribution in [0.3, 0.4) is 0 Å². The molecule has 3 rings (SSSR count). The molecule has 1 aromatic rings. The van der Waals surface area contributed by atoms with Crippen molar-refractivity contribution in [2.45, 2.75) is 31.3 Å². The van der Waals surface area contributed by atoms with Gasteiger partial charge < -0.3 is 15.0 Å². The summed E-state index contributed by atoms with van der Waals surface area (Å²) in [5, 5.41) is 3.82. The summed E-state index contributed by atoms with van der Waals surface area (Å²) in [7, 11) is 1.45. The van der Waals surface area contributed by atoms with Gasteiger partial charge in [0.2, 0.25) is 0 Å². The summed E-state index contributed by atoms with van der Waals surface area (Å²) < 4.78 is 4.74. The van der Waals surface area contributed by atoms with Gasteiger partial charge in [0.15, 0.2) is 0 Å². The highest BCUT2D eigenvalue weighted by molar-refractivity contribution is 5.71. The largest absolute Gasteiger partial charge is 0.468 e. The number of carbonyl (C=O) groups excluding carboxylic acids is 1. The van der Waals surface area contributed by atoms with Crippen LogP contribution in [0.25, 0.3) is 0 Å². The van der Waals surface area contributed by atoms with Gasteiger partial charge in [-0.3, -0.25) is 9.69 Å². The highest BCUT2D eigenvalue weighted by Crippen LogP contribution is 2.21. The smallest absolute Gasteiger partial charge is 0.319 e. The molecule has 0 radical (unpaired) electrons. The van der Waals surface area contributed by atoms with Crippen LogP contribution < -0.4 is 10.2 Å². The predicted octanol–water partition coefficient (Wildman–Crippen LogP) is 1.49. The second kappa shape index (κ2) is 7.79. The number of ether oxygens (including phenoxy) is 1. The van der Waals surface area contributed by atoms with Crippen LogP contribution in [0.2, 0.25) is 0 Å². The Labute approximate surface area is 138 Å². The first-order valence-corrected chi connectivity index (χ1v) is 8.60. The van der Waals surface area contributed by atoms with Gasteiger partial charge in [0.05, 0.1) is 13.7 Å². The molecule has 5 heteroatoms. The van der Waals surface area contributed by atoms with Crippen molar-refractivity contribution in [2.75, 3.05) is 44.7 Å². The van der Waals surface area contributed by atoms with E-state index >= 15 is 0 Å². The first kappa shape index (κ1) is 16.3. The fraction of sp³-hybridized carbons (Fsp3) is 0.611. The van der Waals surface area contributed by atoms with Crippen molar-refractivity contribution >= 4 is 11.7 Å². The van der Waals surface area contributed by atoms with E-state index in [-0.39, 0.29) is 5.97 Å². The summed E-state index contributed by atoms with van der Waals surface area (Å²) in [5.41, 5.74) is 1.32. The average molecular weight is 317 g/mol. The van der Waals surface area contributed by atoms with E-state index in [0.717, 1.165) is 39.0 Å². The molecule has 0 amide bonds. The van der Waals surface area contributed by atoms with E-state index in [1.165, 1.54) is 19.2 Å². The summed E-state index contributed by atoms with van der Waals surface area (Å²) in [6, 6.07) is 11.8. The van der Waals surface area contributed by atoms with Crippen LogP contribution in [0.5, 0.6) is 0 Å². The fourth-order valence-electron chi connectivity index (χ4n) is 3.61. The fourth-order valence-corrected chi connectivity index (χ4v) is 3.61. The normalized spacial score (nSPS) is 23.2. The third kappa shape index (κ3) is 4.45. The van der Waals surface area contributed by atoms with Crippen molar-refractivity contribution in [3.63, 3.8) is 0 Å². The standard InChI is InChI=1S/C18H27N3O2/c1-23-18(22)14-20-10-7-15(8-11-20)19-16-9-12-21(13-16)17-5-3-2-4-6-17/h2-6,15-16,19H,7-14H2,1H3/t16-/m0/s1. The quantitative estimate of drug-likeness (QED) is 0.834. The molecule has 126 valence electrons. The van der Waals surface area contributed by atoms with E-state index in [9.17, 15) is 4.79 Å². The van der Waals surface area contributed by atoms with Crippen LogP contribution in [-0.4, -0.2) is 62.8 Å². The minimum Gasteiger partial charge on any atom is -0.468 e. The van der Waals surface area contributed by atoms with Crippen LogP contribution in [0.4, 0.5) is 5.69 Å². The topological polar surface area (TPSA) is 44.8 Å². The van der Waals surface area contributed by atoms with E-state index in [1.54, 1.807) is 0 Å². The van der Waals surface area contributed by atoms with E-state index in [2.05, 4.69) is 45.4 Å². The Morgan fingerprint density at radius 2 is 1.83 bits per heavy atom. The maximum absolute atomic E-state index is 11.3. The molecule has 0 aromatic heterocycles. The van der Waals surface area contributed by atoms with Gasteiger partial charge in [-0.25, -0.2) is 0 Å². The Hall–Kier alpha value is -1.59. The summed E-state index contributed by atoms with van der Waals surface area (Å²) in [5.74, 6) is -0.134. The molecule has 2 saturated heterocycles. The lowest BCUT2D eigenvalue weighted by Crippen LogP contribution is -2.48. The lowest BCUT2D eigenvalue weighted by atomic mass is 10.0. The maximum Gasteiger partial charge on any atom is 0.319 e. The number of methoxy groups -OCH3 is 1. The molecule has 23 heavy (non-hydrogen) atoms. The van der Waals surface area contributed by atoms with E-state index in [4.69, 9.17) is 4.74 Å². The first-order chi connectivity index (χ1) is 11.2. The Bertz CT molecular complexity index is 500. The number of para-hydroxylation sites is 1. The van der Waals surface area contributed by atoms with Crippen LogP contribution in [0.15, 0.2) is 30.3 Å². The van der Waals surface area contributed by atoms with Crippen LogP contribution >= 0.6 is 0 Å². The van der Waals surface area contributed by atoms with Crippen molar-refractivity contribution in [3.8, 4) is 0 Å². The number of carbonyl (C=O) groups is 1. The Balaban J connectivity index is 1.41. The molecule has 1 N–H and O–H groups in total. The second-order valence-electron chi connectivity index (χ2n) is 6.56. The number of nitrogens with one attached hydrogen (secondary N) is 1. The predicted molar refractivity (Wildman–Crippen MR) is 91.7 cm³/mol. The minimum absolute atomic E-state index is 0.134. The van der Waals surface area contributed by atoms with Gasteiger partial charge in [0.25, 0.3) is 0 Å². The molecule has 0 spiro atoms. The van der Waals surface area contributed by atoms with Crippen molar-refractivity contribution in [1.29, 1.82) is 0 Å². The number of rotatable bonds is 5. The highest BCUT2D eigenvalue weighted by Gasteiger charge is 2.27. The van der Waals surface area contributed by atoms with Gasteiger partial charge in [-0.1, -0.05) is 18.2 Å². The molecule has 2 aliphatic rings. The van der Waals surface area contributed by atoms with Gasteiger partial charge >= 0.3 is 5.97 Å². The molecule has 2 fully saturated rings. The third-order valence-corrected chi connectivity index (χ3v) is 4.95. The number of piperidine rings is 1. The maximum atomic E-state index is 11.3. The van der Waals surface area contributed by atoms with Crippen molar-refractivity contribution in [3.05, 3.63) is 30.3 Å². The number of anilines is 1. The number of hydrogen-bond donors (Lipinski definition) is 1. The number of esters is 1. The highest BCUT2D eigenvalue weighted by atomic mass is 16.5. The van der Waals surface area contributed by atoms with Gasteiger partial charge in [-0.15, -0.1) is 0 Å². The zero-order chi connectivity index (χ0) is 16.1. The molecule has 0 aliphatic carbocycles. The summed E-state index contributed by atoms with van der Waals surface area (Å²) in [4.78, 5) is 16.0. The van der Waals surface area contributed by atoms with Gasteiger partial charge in [-0.2, -0.15) is 0 Å². The van der Waals surface area contributed by atoms with Crippen molar-refractivity contribution < 1.29 is 9.53 Å². The number of benzene rings is 1. The number of nitrogens with zero attached hydrogens (tertiary/aromatic N) is 2. The number of hydrogen-bond acceptors (Lipinski definition) is 5. The van der Waals surface area contributed by atoms with Gasteiger partial charge in [0, 0.05) is 44.0 Å². The molecule has 0 bridgehead atoms. The number of likely N-dealkylation sites (tertiary alicyclic amines) is 1. The second-order valence-corrected chi connectivity index (χ2v) is 6.56. The monoisotopic (exact) mass is 317 g/mol. The minimum atomic E-state index is -0.134. The molecule has 0 unspecified atom stereocenters. The summed E-state index contributed by atoms with van der Waals surface area (Å²) in [6.45, 7) is 4.59. The van der Waals surface area contributed by atoms with E-state index < -0.39 is 0 Å². The zero-order valence-electron chi connectivity index (χ0n) is 13.9. The molecule has 2 heterocycles. The molecule has 5 nitrogen and oxygen atoms in total. The molecule has 2 aliphatic heterocycles. The SMILES string of the molecule is COC(=O)CN1CCC(N[C@H]2CCN(c3ccccc3)C2)CC1. The van der Waals surface area contributed by atoms with Gasteiger partial charge in [-0.05, 0) is 31.4 Å². The summed E-state index contributed by atoms with van der Waals surface area (Å²) in [6.07, 6.45) is 3.43. The lowest BCUT2D eigenvalue weighted by Gasteiger charge is -2.33. The Morgan fingerprint density at radius 1 is 1.13 bits per heavy atom. The third-order valence-electron chi connectivity index (χ3n) is 4.95. The zero-order valence-corrected chi connectivity index (χ0v) is 13.9. The molecular formula is C18H27N3O2. The van der Waals surface area contributed by atoms with E-state index in [0.29, 0.717) is 18.6 Å². The Kier molecular flexibility index (Phi) is 5.51. The van der Waals surface area contributed by atoms with E-state index in [1.807, 2.05) is 0 Å². The van der Waals surface area contributed by atoms with Gasteiger partial charge in [0.1, 0.15) is 0 Å². The summed E-state index contributed by atoms with van der Waals surface area (Å²) >= 11 is 0. The van der Waals surface area contributed by atoms with Crippen molar-refractivity contribution in [1.82, 2.24) is 10.2 Å². The average Bonchev–Trinajstić information content (AvgIpc) is 3.06. The molecule has 1 atom stereocenters. The van der Waals surface area contributed by atoms with Crippen molar-refractivity contribution in [2.24, 2.45) is 0 Å². The first-order valence-electron chi connectivity index (χ1n) is 8.60. The lowest BCUT2D eigenvalue weighted by molar-refractivity contribution is -0.142. The molecular weight excluding hydrogens is 290 g/mol. The Morgan fingerprint density at radius 3 is 2.52 bits per heavy atom.